The monoisotopic (exact) mass is 176 g/mol. The molecule has 0 unspecified atom stereocenters. The third-order valence-electron chi connectivity index (χ3n) is 1.75. The van der Waals surface area contributed by atoms with Gasteiger partial charge in [-0.1, -0.05) is 20.3 Å². The third-order valence-corrected chi connectivity index (χ3v) is 1.75. The van der Waals surface area contributed by atoms with Gasteiger partial charge < -0.3 is 14.9 Å². The standard InChI is InChI=1S/C9H20O3/c1-3-5-6-12-9(11)7-8(10)4-2/h8-11H,3-7H2,1-2H3/t8-,9+/m1/s1. The maximum Gasteiger partial charge on any atom is 0.156 e. The van der Waals surface area contributed by atoms with Crippen LogP contribution in [0.5, 0.6) is 0 Å². The maximum atomic E-state index is 9.20. The molecule has 0 aliphatic rings. The van der Waals surface area contributed by atoms with Gasteiger partial charge in [0.15, 0.2) is 6.29 Å². The van der Waals surface area contributed by atoms with Crippen LogP contribution in [0, 0.1) is 0 Å². The van der Waals surface area contributed by atoms with Gasteiger partial charge in [-0.2, -0.15) is 0 Å². The second kappa shape index (κ2) is 7.53. The smallest absolute Gasteiger partial charge is 0.156 e. The van der Waals surface area contributed by atoms with Gasteiger partial charge in [0.05, 0.1) is 6.10 Å². The summed E-state index contributed by atoms with van der Waals surface area (Å²) in [4.78, 5) is 0. The van der Waals surface area contributed by atoms with Crippen molar-refractivity contribution >= 4 is 0 Å². The van der Waals surface area contributed by atoms with Gasteiger partial charge in [-0.15, -0.1) is 0 Å². The van der Waals surface area contributed by atoms with Crippen LogP contribution in [0.2, 0.25) is 0 Å². The van der Waals surface area contributed by atoms with Crippen LogP contribution < -0.4 is 0 Å². The Morgan fingerprint density at radius 3 is 2.42 bits per heavy atom. The Kier molecular flexibility index (Phi) is 7.45. The van der Waals surface area contributed by atoms with Gasteiger partial charge in [-0.05, 0) is 12.8 Å². The average Bonchev–Trinajstić information content (AvgIpc) is 2.05. The lowest BCUT2D eigenvalue weighted by atomic mass is 10.2. The van der Waals surface area contributed by atoms with E-state index in [0.29, 0.717) is 19.4 Å². The summed E-state index contributed by atoms with van der Waals surface area (Å²) in [5.74, 6) is 0. The van der Waals surface area contributed by atoms with E-state index in [1.54, 1.807) is 0 Å². The Balaban J connectivity index is 3.26. The fraction of sp³-hybridized carbons (Fsp3) is 1.00. The molecule has 0 aromatic rings. The van der Waals surface area contributed by atoms with Gasteiger partial charge >= 0.3 is 0 Å². The number of hydrogen-bond donors (Lipinski definition) is 2. The number of aliphatic hydroxyl groups is 2. The van der Waals surface area contributed by atoms with Gasteiger partial charge in [0, 0.05) is 13.0 Å². The molecule has 0 radical (unpaired) electrons. The summed E-state index contributed by atoms with van der Waals surface area (Å²) in [5.41, 5.74) is 0. The van der Waals surface area contributed by atoms with E-state index in [2.05, 4.69) is 6.92 Å². The van der Waals surface area contributed by atoms with Crippen molar-refractivity contribution < 1.29 is 14.9 Å². The summed E-state index contributed by atoms with van der Waals surface area (Å²) in [5, 5.41) is 18.3. The molecular formula is C9H20O3. The minimum Gasteiger partial charge on any atom is -0.393 e. The zero-order valence-corrected chi connectivity index (χ0v) is 7.99. The minimum absolute atomic E-state index is 0.320. The average molecular weight is 176 g/mol. The highest BCUT2D eigenvalue weighted by Gasteiger charge is 2.09. The molecular weight excluding hydrogens is 156 g/mol. The van der Waals surface area contributed by atoms with Crippen molar-refractivity contribution in [2.75, 3.05) is 6.61 Å². The molecule has 0 aromatic carbocycles. The lowest BCUT2D eigenvalue weighted by molar-refractivity contribution is -0.120. The van der Waals surface area contributed by atoms with E-state index in [9.17, 15) is 5.11 Å². The normalized spacial score (nSPS) is 16.0. The summed E-state index contributed by atoms with van der Waals surface area (Å²) >= 11 is 0. The number of rotatable bonds is 7. The molecule has 0 heterocycles. The number of unbranched alkanes of at least 4 members (excludes halogenated alkanes) is 1. The van der Waals surface area contributed by atoms with Crippen molar-refractivity contribution in [1.29, 1.82) is 0 Å². The van der Waals surface area contributed by atoms with Gasteiger partial charge in [0.2, 0.25) is 0 Å². The second-order valence-electron chi connectivity index (χ2n) is 2.98. The highest BCUT2D eigenvalue weighted by Crippen LogP contribution is 2.03. The predicted molar refractivity (Wildman–Crippen MR) is 47.8 cm³/mol. The summed E-state index contributed by atoms with van der Waals surface area (Å²) in [6, 6.07) is 0. The molecule has 12 heavy (non-hydrogen) atoms. The summed E-state index contributed by atoms with van der Waals surface area (Å²) < 4.78 is 5.05. The molecule has 74 valence electrons. The molecule has 0 saturated carbocycles. The van der Waals surface area contributed by atoms with Crippen molar-refractivity contribution in [3.63, 3.8) is 0 Å². The van der Waals surface area contributed by atoms with Gasteiger partial charge in [0.1, 0.15) is 0 Å². The fourth-order valence-corrected chi connectivity index (χ4v) is 0.831. The van der Waals surface area contributed by atoms with Crippen LogP contribution >= 0.6 is 0 Å². The van der Waals surface area contributed by atoms with Crippen LogP contribution in [-0.4, -0.2) is 29.2 Å². The SMILES string of the molecule is CCCCO[C@H](O)C[C@H](O)CC. The van der Waals surface area contributed by atoms with E-state index in [1.807, 2.05) is 6.92 Å². The van der Waals surface area contributed by atoms with Crippen molar-refractivity contribution in [2.45, 2.75) is 51.9 Å². The molecule has 0 aliphatic carbocycles. The maximum absolute atomic E-state index is 9.20. The number of ether oxygens (including phenoxy) is 1. The van der Waals surface area contributed by atoms with Gasteiger partial charge in [0.25, 0.3) is 0 Å². The van der Waals surface area contributed by atoms with Gasteiger partial charge in [-0.25, -0.2) is 0 Å². The molecule has 3 nitrogen and oxygen atoms in total. The Labute approximate surface area is 74.4 Å². The minimum atomic E-state index is -0.800. The molecule has 0 amide bonds. The molecule has 0 fully saturated rings. The highest BCUT2D eigenvalue weighted by atomic mass is 16.6. The number of hydrogen-bond acceptors (Lipinski definition) is 3. The molecule has 0 saturated heterocycles. The van der Waals surface area contributed by atoms with Crippen molar-refractivity contribution in [3.05, 3.63) is 0 Å². The largest absolute Gasteiger partial charge is 0.393 e. The van der Waals surface area contributed by atoms with Crippen LogP contribution in [-0.2, 0) is 4.74 Å². The van der Waals surface area contributed by atoms with Crippen LogP contribution in [0.25, 0.3) is 0 Å². The second-order valence-corrected chi connectivity index (χ2v) is 2.98. The first-order valence-corrected chi connectivity index (χ1v) is 4.68. The zero-order chi connectivity index (χ0) is 9.40. The lowest BCUT2D eigenvalue weighted by Gasteiger charge is -2.14. The van der Waals surface area contributed by atoms with E-state index in [4.69, 9.17) is 9.84 Å². The van der Waals surface area contributed by atoms with Crippen LogP contribution in [0.3, 0.4) is 0 Å². The zero-order valence-electron chi connectivity index (χ0n) is 7.99. The molecule has 0 rings (SSSR count). The Hall–Kier alpha value is -0.120. The molecule has 0 spiro atoms. The third kappa shape index (κ3) is 6.58. The molecule has 3 heteroatoms. The van der Waals surface area contributed by atoms with Crippen LogP contribution in [0.4, 0.5) is 0 Å². The van der Waals surface area contributed by atoms with E-state index in [1.165, 1.54) is 0 Å². The fourth-order valence-electron chi connectivity index (χ4n) is 0.831. The molecule has 2 atom stereocenters. The van der Waals surface area contributed by atoms with E-state index < -0.39 is 12.4 Å². The summed E-state index contributed by atoms with van der Waals surface area (Å²) in [6.45, 7) is 4.52. The first kappa shape index (κ1) is 11.9. The molecule has 0 aromatic heterocycles. The quantitative estimate of drug-likeness (QED) is 0.454. The first-order valence-electron chi connectivity index (χ1n) is 4.68. The summed E-state index contributed by atoms with van der Waals surface area (Å²) in [7, 11) is 0. The highest BCUT2D eigenvalue weighted by molar-refractivity contribution is 4.54. The Morgan fingerprint density at radius 2 is 1.92 bits per heavy atom. The van der Waals surface area contributed by atoms with E-state index in [0.717, 1.165) is 12.8 Å². The number of aliphatic hydroxyl groups excluding tert-OH is 2. The predicted octanol–water partition coefficient (Wildman–Crippen LogP) is 1.28. The molecule has 0 bridgehead atoms. The lowest BCUT2D eigenvalue weighted by Crippen LogP contribution is -2.20. The van der Waals surface area contributed by atoms with Crippen molar-refractivity contribution in [1.82, 2.24) is 0 Å². The van der Waals surface area contributed by atoms with E-state index in [-0.39, 0.29) is 0 Å². The Morgan fingerprint density at radius 1 is 1.25 bits per heavy atom. The van der Waals surface area contributed by atoms with Crippen LogP contribution in [0.1, 0.15) is 39.5 Å². The van der Waals surface area contributed by atoms with Gasteiger partial charge in [-0.3, -0.25) is 0 Å². The summed E-state index contributed by atoms with van der Waals surface area (Å²) in [6.07, 6.45) is 1.75. The topological polar surface area (TPSA) is 49.7 Å². The van der Waals surface area contributed by atoms with Crippen molar-refractivity contribution in [3.8, 4) is 0 Å². The molecule has 2 N–H and O–H groups in total. The Bertz CT molecular complexity index is 95.8. The first-order chi connectivity index (χ1) is 5.70. The van der Waals surface area contributed by atoms with E-state index >= 15 is 0 Å². The van der Waals surface area contributed by atoms with Crippen molar-refractivity contribution in [2.24, 2.45) is 0 Å². The molecule has 0 aliphatic heterocycles. The van der Waals surface area contributed by atoms with Crippen LogP contribution in [0.15, 0.2) is 0 Å².